The van der Waals surface area contributed by atoms with Gasteiger partial charge in [0, 0.05) is 12.6 Å². The van der Waals surface area contributed by atoms with Crippen LogP contribution in [0.25, 0.3) is 0 Å². The highest BCUT2D eigenvalue weighted by Gasteiger charge is 2.39. The normalized spacial score (nSPS) is 17.2. The number of hydrogen-bond acceptors (Lipinski definition) is 4. The number of nitrogens with one attached hydrogen (secondary N) is 1. The lowest BCUT2D eigenvalue weighted by molar-refractivity contribution is -0.124. The van der Waals surface area contributed by atoms with Crippen molar-refractivity contribution in [2.75, 3.05) is 19.0 Å². The van der Waals surface area contributed by atoms with E-state index in [9.17, 15) is 9.90 Å². The van der Waals surface area contributed by atoms with Gasteiger partial charge in [-0.15, -0.1) is 0 Å². The lowest BCUT2D eigenvalue weighted by atomic mass is 9.85. The van der Waals surface area contributed by atoms with Gasteiger partial charge < -0.3 is 20.9 Å². The summed E-state index contributed by atoms with van der Waals surface area (Å²) in [5.41, 5.74) is 5.68. The van der Waals surface area contributed by atoms with Crippen LogP contribution in [-0.4, -0.2) is 24.7 Å². The van der Waals surface area contributed by atoms with Crippen molar-refractivity contribution in [3.63, 3.8) is 0 Å². The third kappa shape index (κ3) is 2.66. The van der Waals surface area contributed by atoms with Crippen LogP contribution >= 0.6 is 0 Å². The van der Waals surface area contributed by atoms with Crippen molar-refractivity contribution in [2.24, 2.45) is 11.1 Å². The maximum absolute atomic E-state index is 12.3. The number of carbonyl (C=O) groups excluding carboxylic acids is 1. The second-order valence-corrected chi connectivity index (χ2v) is 5.03. The fourth-order valence-electron chi connectivity index (χ4n) is 2.57. The second-order valence-electron chi connectivity index (χ2n) is 5.03. The summed E-state index contributed by atoms with van der Waals surface area (Å²) in [5, 5.41) is 12.6. The number of hydrogen-bond donors (Lipinski definition) is 3. The maximum atomic E-state index is 12.3. The first-order valence-corrected chi connectivity index (χ1v) is 6.50. The van der Waals surface area contributed by atoms with Crippen molar-refractivity contribution < 1.29 is 14.6 Å². The quantitative estimate of drug-likeness (QED) is 0.725. The van der Waals surface area contributed by atoms with Gasteiger partial charge >= 0.3 is 0 Å². The SMILES string of the molecule is COc1ccc(NC(=O)C2(CN)CCCC2)c(O)c1. The van der Waals surface area contributed by atoms with Crippen LogP contribution in [0.15, 0.2) is 18.2 Å². The number of rotatable bonds is 4. The number of aromatic hydroxyl groups is 1. The number of phenols is 1. The molecule has 0 unspecified atom stereocenters. The summed E-state index contributed by atoms with van der Waals surface area (Å²) in [6.45, 7) is 0.343. The molecule has 104 valence electrons. The van der Waals surface area contributed by atoms with E-state index in [1.54, 1.807) is 12.1 Å². The Hall–Kier alpha value is -1.75. The van der Waals surface area contributed by atoms with Crippen LogP contribution in [0.3, 0.4) is 0 Å². The number of phenolic OH excluding ortho intramolecular Hbond substituents is 1. The molecule has 1 saturated carbocycles. The minimum absolute atomic E-state index is 0.00197. The highest BCUT2D eigenvalue weighted by atomic mass is 16.5. The van der Waals surface area contributed by atoms with E-state index in [0.29, 0.717) is 18.0 Å². The molecular formula is C14H20N2O3. The standard InChI is InChI=1S/C14H20N2O3/c1-19-10-4-5-11(12(17)8-10)16-13(18)14(9-15)6-2-3-7-14/h4-5,8,17H,2-3,6-7,9,15H2,1H3,(H,16,18). The van der Waals surface area contributed by atoms with Crippen LogP contribution in [-0.2, 0) is 4.79 Å². The zero-order valence-corrected chi connectivity index (χ0v) is 11.1. The first-order valence-electron chi connectivity index (χ1n) is 6.50. The zero-order valence-electron chi connectivity index (χ0n) is 11.1. The molecule has 5 heteroatoms. The fraction of sp³-hybridized carbons (Fsp3) is 0.500. The van der Waals surface area contributed by atoms with Gasteiger partial charge in [-0.1, -0.05) is 12.8 Å². The Morgan fingerprint density at radius 2 is 2.16 bits per heavy atom. The minimum atomic E-state index is -0.480. The topological polar surface area (TPSA) is 84.6 Å². The summed E-state index contributed by atoms with van der Waals surface area (Å²) in [7, 11) is 1.52. The number of methoxy groups -OCH3 is 1. The van der Waals surface area contributed by atoms with Gasteiger partial charge in [0.2, 0.25) is 5.91 Å². The molecule has 0 atom stereocenters. The van der Waals surface area contributed by atoms with Crippen molar-refractivity contribution in [3.8, 4) is 11.5 Å². The smallest absolute Gasteiger partial charge is 0.231 e. The molecule has 0 aliphatic heterocycles. The van der Waals surface area contributed by atoms with Gasteiger partial charge in [-0.3, -0.25) is 4.79 Å². The fourth-order valence-corrected chi connectivity index (χ4v) is 2.57. The molecule has 0 radical (unpaired) electrons. The van der Waals surface area contributed by atoms with Gasteiger partial charge in [-0.25, -0.2) is 0 Å². The highest BCUT2D eigenvalue weighted by Crippen LogP contribution is 2.39. The first-order chi connectivity index (χ1) is 9.11. The van der Waals surface area contributed by atoms with Crippen molar-refractivity contribution in [1.82, 2.24) is 0 Å². The predicted octanol–water partition coefficient (Wildman–Crippen LogP) is 1.86. The number of amides is 1. The van der Waals surface area contributed by atoms with Gasteiger partial charge in [-0.05, 0) is 25.0 Å². The van der Waals surface area contributed by atoms with E-state index in [4.69, 9.17) is 10.5 Å². The Balaban J connectivity index is 2.14. The van der Waals surface area contributed by atoms with Crippen LogP contribution in [0, 0.1) is 5.41 Å². The number of carbonyl (C=O) groups is 1. The van der Waals surface area contributed by atoms with Gasteiger partial charge in [0.15, 0.2) is 0 Å². The molecular weight excluding hydrogens is 244 g/mol. The highest BCUT2D eigenvalue weighted by molar-refractivity contribution is 5.97. The number of ether oxygens (including phenoxy) is 1. The molecule has 1 fully saturated rings. The van der Waals surface area contributed by atoms with Crippen LogP contribution in [0.5, 0.6) is 11.5 Å². The van der Waals surface area contributed by atoms with E-state index < -0.39 is 5.41 Å². The van der Waals surface area contributed by atoms with E-state index in [2.05, 4.69) is 5.32 Å². The monoisotopic (exact) mass is 264 g/mol. The van der Waals surface area contributed by atoms with E-state index in [1.165, 1.54) is 13.2 Å². The molecule has 2 rings (SSSR count). The summed E-state index contributed by atoms with van der Waals surface area (Å²) in [5.74, 6) is 0.440. The van der Waals surface area contributed by atoms with E-state index >= 15 is 0 Å². The largest absolute Gasteiger partial charge is 0.506 e. The van der Waals surface area contributed by atoms with Crippen molar-refractivity contribution in [3.05, 3.63) is 18.2 Å². The minimum Gasteiger partial charge on any atom is -0.506 e. The molecule has 1 aromatic rings. The summed E-state index contributed by atoms with van der Waals surface area (Å²) in [6.07, 6.45) is 3.68. The molecule has 1 amide bonds. The second kappa shape index (κ2) is 5.48. The molecule has 0 heterocycles. The molecule has 19 heavy (non-hydrogen) atoms. The maximum Gasteiger partial charge on any atom is 0.231 e. The predicted molar refractivity (Wildman–Crippen MR) is 73.2 cm³/mol. The van der Waals surface area contributed by atoms with Crippen LogP contribution < -0.4 is 15.8 Å². The number of anilines is 1. The lowest BCUT2D eigenvalue weighted by Gasteiger charge is -2.25. The number of nitrogens with two attached hydrogens (primary N) is 1. The third-order valence-electron chi connectivity index (χ3n) is 3.89. The molecule has 0 bridgehead atoms. The van der Waals surface area contributed by atoms with Crippen LogP contribution in [0.4, 0.5) is 5.69 Å². The molecule has 1 aliphatic carbocycles. The Kier molecular flexibility index (Phi) is 3.95. The van der Waals surface area contributed by atoms with Crippen molar-refractivity contribution in [2.45, 2.75) is 25.7 Å². The molecule has 1 aromatic carbocycles. The van der Waals surface area contributed by atoms with Gasteiger partial charge in [0.05, 0.1) is 18.2 Å². The lowest BCUT2D eigenvalue weighted by Crippen LogP contribution is -2.40. The molecule has 0 saturated heterocycles. The summed E-state index contributed by atoms with van der Waals surface area (Å²) in [4.78, 5) is 12.3. The summed E-state index contributed by atoms with van der Waals surface area (Å²) in [6, 6.07) is 4.80. The zero-order chi connectivity index (χ0) is 13.9. The molecule has 5 nitrogen and oxygen atoms in total. The molecule has 0 aromatic heterocycles. The van der Waals surface area contributed by atoms with E-state index in [1.807, 2.05) is 0 Å². The average Bonchev–Trinajstić information content (AvgIpc) is 2.91. The van der Waals surface area contributed by atoms with Crippen LogP contribution in [0.1, 0.15) is 25.7 Å². The van der Waals surface area contributed by atoms with Crippen molar-refractivity contribution >= 4 is 11.6 Å². The summed E-state index contributed by atoms with van der Waals surface area (Å²) < 4.78 is 5.00. The third-order valence-corrected chi connectivity index (χ3v) is 3.89. The van der Waals surface area contributed by atoms with Gasteiger partial charge in [0.25, 0.3) is 0 Å². The van der Waals surface area contributed by atoms with Gasteiger partial charge in [0.1, 0.15) is 11.5 Å². The Labute approximate surface area is 112 Å². The van der Waals surface area contributed by atoms with Crippen LogP contribution in [0.2, 0.25) is 0 Å². The Morgan fingerprint density at radius 3 is 2.68 bits per heavy atom. The van der Waals surface area contributed by atoms with E-state index in [-0.39, 0.29) is 11.7 Å². The molecule has 1 aliphatic rings. The molecule has 4 N–H and O–H groups in total. The Bertz CT molecular complexity index is 468. The first kappa shape index (κ1) is 13.7. The molecule has 0 spiro atoms. The summed E-state index contributed by atoms with van der Waals surface area (Å²) >= 11 is 0. The average molecular weight is 264 g/mol. The number of benzene rings is 1. The Morgan fingerprint density at radius 1 is 1.47 bits per heavy atom. The van der Waals surface area contributed by atoms with Gasteiger partial charge in [-0.2, -0.15) is 0 Å². The van der Waals surface area contributed by atoms with E-state index in [0.717, 1.165) is 25.7 Å². The van der Waals surface area contributed by atoms with Crippen molar-refractivity contribution in [1.29, 1.82) is 0 Å².